The highest BCUT2D eigenvalue weighted by Gasteiger charge is 2.34. The number of sulfonamides is 1. The van der Waals surface area contributed by atoms with Crippen molar-refractivity contribution in [2.75, 3.05) is 23.7 Å². The van der Waals surface area contributed by atoms with E-state index in [2.05, 4.69) is 5.32 Å². The summed E-state index contributed by atoms with van der Waals surface area (Å²) in [4.78, 5) is 27.5. The molecule has 0 heterocycles. The van der Waals surface area contributed by atoms with Gasteiger partial charge in [0.2, 0.25) is 21.8 Å². The summed E-state index contributed by atoms with van der Waals surface area (Å²) in [7, 11) is -4.24. The second kappa shape index (κ2) is 12.2. The van der Waals surface area contributed by atoms with Gasteiger partial charge in [0.05, 0.1) is 22.5 Å². The van der Waals surface area contributed by atoms with Crippen LogP contribution in [0.2, 0.25) is 5.02 Å². The van der Waals surface area contributed by atoms with Crippen LogP contribution in [-0.4, -0.2) is 50.5 Å². The van der Waals surface area contributed by atoms with Gasteiger partial charge in [-0.3, -0.25) is 13.9 Å². The van der Waals surface area contributed by atoms with E-state index < -0.39 is 51.9 Å². The average Bonchev–Trinajstić information content (AvgIpc) is 2.79. The van der Waals surface area contributed by atoms with Crippen LogP contribution >= 0.6 is 11.6 Å². The van der Waals surface area contributed by atoms with Crippen LogP contribution in [0.5, 0.6) is 0 Å². The lowest BCUT2D eigenvalue weighted by molar-refractivity contribution is -0.139. The van der Waals surface area contributed by atoms with Gasteiger partial charge in [0.1, 0.15) is 12.6 Å². The van der Waals surface area contributed by atoms with Crippen LogP contribution in [0.1, 0.15) is 37.5 Å². The molecular weight excluding hydrogens is 531 g/mol. The molecule has 1 N–H and O–H groups in total. The topological polar surface area (TPSA) is 86.8 Å². The molecule has 2 amide bonds. The molecule has 0 aliphatic carbocycles. The van der Waals surface area contributed by atoms with E-state index in [4.69, 9.17) is 11.6 Å². The Morgan fingerprint density at radius 1 is 1.05 bits per heavy atom. The van der Waals surface area contributed by atoms with E-state index in [1.54, 1.807) is 12.1 Å². The summed E-state index contributed by atoms with van der Waals surface area (Å²) in [5, 5.41) is 2.47. The van der Waals surface area contributed by atoms with E-state index >= 15 is 0 Å². The molecule has 0 aliphatic rings. The van der Waals surface area contributed by atoms with Gasteiger partial charge >= 0.3 is 6.18 Å². The first-order valence-electron chi connectivity index (χ1n) is 11.5. The number of nitrogens with zero attached hydrogens (tertiary/aromatic N) is 2. The van der Waals surface area contributed by atoms with E-state index in [9.17, 15) is 31.2 Å². The largest absolute Gasteiger partial charge is 0.416 e. The van der Waals surface area contributed by atoms with Gasteiger partial charge in [0, 0.05) is 13.1 Å². The second-order valence-corrected chi connectivity index (χ2v) is 11.6. The lowest BCUT2D eigenvalue weighted by Crippen LogP contribution is -2.51. The summed E-state index contributed by atoms with van der Waals surface area (Å²) in [5.74, 6) is -1.08. The van der Waals surface area contributed by atoms with Crippen LogP contribution < -0.4 is 9.62 Å². The number of carbonyl (C=O) groups excluding carboxylic acids is 2. The van der Waals surface area contributed by atoms with Crippen LogP contribution in [0.3, 0.4) is 0 Å². The molecule has 0 aliphatic heterocycles. The number of anilines is 1. The molecule has 0 bridgehead atoms. The Morgan fingerprint density at radius 2 is 1.65 bits per heavy atom. The zero-order chi connectivity index (χ0) is 28.1. The molecule has 37 heavy (non-hydrogen) atoms. The Bertz CT molecular complexity index is 1220. The predicted octanol–water partition coefficient (Wildman–Crippen LogP) is 4.62. The molecular formula is C25H31ClF3N3O4S. The minimum Gasteiger partial charge on any atom is -0.354 e. The van der Waals surface area contributed by atoms with Gasteiger partial charge in [0.25, 0.3) is 0 Å². The molecule has 0 radical (unpaired) electrons. The van der Waals surface area contributed by atoms with E-state index in [1.165, 1.54) is 11.8 Å². The van der Waals surface area contributed by atoms with E-state index in [0.29, 0.717) is 22.5 Å². The third-order valence-corrected chi connectivity index (χ3v) is 6.99. The summed E-state index contributed by atoms with van der Waals surface area (Å²) in [6.45, 7) is 6.69. The van der Waals surface area contributed by atoms with Crippen molar-refractivity contribution in [2.24, 2.45) is 5.92 Å². The van der Waals surface area contributed by atoms with Gasteiger partial charge in [-0.15, -0.1) is 0 Å². The third kappa shape index (κ3) is 8.63. The lowest BCUT2D eigenvalue weighted by Gasteiger charge is -2.32. The standard InChI is InChI=1S/C25H31ClF3N3O4S/c1-16(2)13-30-24(34)18(4)31(14-19-8-6-17(3)7-9-19)23(33)15-32(37(5,35)36)22-12-20(25(27,28)29)10-11-21(22)26/h6-12,16,18H,13-15H2,1-5H3,(H,30,34)/t18-/m1/s1. The number of halogens is 4. The van der Waals surface area contributed by atoms with Crippen LogP contribution in [0.25, 0.3) is 0 Å². The first kappa shape index (κ1) is 30.4. The highest BCUT2D eigenvalue weighted by atomic mass is 35.5. The molecule has 0 saturated heterocycles. The molecule has 204 valence electrons. The Labute approximate surface area is 220 Å². The molecule has 2 aromatic carbocycles. The predicted molar refractivity (Wildman–Crippen MR) is 138 cm³/mol. The van der Waals surface area contributed by atoms with Crippen molar-refractivity contribution in [3.63, 3.8) is 0 Å². The Hall–Kier alpha value is -2.79. The van der Waals surface area contributed by atoms with Crippen LogP contribution in [0, 0.1) is 12.8 Å². The second-order valence-electron chi connectivity index (χ2n) is 9.26. The van der Waals surface area contributed by atoms with Gasteiger partial charge in [-0.25, -0.2) is 8.42 Å². The first-order chi connectivity index (χ1) is 17.0. The lowest BCUT2D eigenvalue weighted by atomic mass is 10.1. The van der Waals surface area contributed by atoms with Crippen molar-refractivity contribution in [1.29, 1.82) is 0 Å². The van der Waals surface area contributed by atoms with Gasteiger partial charge in [-0.05, 0) is 43.5 Å². The van der Waals surface area contributed by atoms with E-state index in [0.717, 1.165) is 24.0 Å². The number of alkyl halides is 3. The number of carbonyl (C=O) groups is 2. The van der Waals surface area contributed by atoms with Gasteiger partial charge in [-0.2, -0.15) is 13.2 Å². The van der Waals surface area contributed by atoms with Gasteiger partial charge < -0.3 is 10.2 Å². The Kier molecular flexibility index (Phi) is 10.0. The molecule has 0 spiro atoms. The summed E-state index contributed by atoms with van der Waals surface area (Å²) in [6, 6.07) is 8.43. The Morgan fingerprint density at radius 3 is 2.16 bits per heavy atom. The molecule has 12 heteroatoms. The number of benzene rings is 2. The number of amides is 2. The molecule has 7 nitrogen and oxygen atoms in total. The fourth-order valence-corrected chi connectivity index (χ4v) is 4.52. The molecule has 2 rings (SSSR count). The molecule has 0 unspecified atom stereocenters. The maximum absolute atomic E-state index is 13.5. The maximum Gasteiger partial charge on any atom is 0.416 e. The van der Waals surface area contributed by atoms with E-state index in [1.807, 2.05) is 32.9 Å². The van der Waals surface area contributed by atoms with Crippen molar-refractivity contribution < 1.29 is 31.2 Å². The normalized spacial score (nSPS) is 12.8. The number of rotatable bonds is 10. The van der Waals surface area contributed by atoms with Gasteiger partial charge in [0.15, 0.2) is 0 Å². The van der Waals surface area contributed by atoms with Crippen molar-refractivity contribution >= 4 is 39.1 Å². The number of aryl methyl sites for hydroxylation is 1. The van der Waals surface area contributed by atoms with Crippen molar-refractivity contribution in [3.05, 3.63) is 64.2 Å². The number of nitrogens with one attached hydrogen (secondary N) is 1. The molecule has 0 fully saturated rings. The minimum atomic E-state index is -4.76. The molecule has 0 saturated carbocycles. The zero-order valence-corrected chi connectivity index (χ0v) is 22.8. The van der Waals surface area contributed by atoms with Crippen LogP contribution in [0.4, 0.5) is 18.9 Å². The third-order valence-electron chi connectivity index (χ3n) is 5.55. The highest BCUT2D eigenvalue weighted by molar-refractivity contribution is 7.92. The SMILES string of the molecule is Cc1ccc(CN(C(=O)CN(c2cc(C(F)(F)F)ccc2Cl)S(C)(=O)=O)[C@H](C)C(=O)NCC(C)C)cc1. The number of hydrogen-bond acceptors (Lipinski definition) is 4. The number of hydrogen-bond donors (Lipinski definition) is 1. The van der Waals surface area contributed by atoms with Gasteiger partial charge in [-0.1, -0.05) is 55.3 Å². The summed E-state index contributed by atoms with van der Waals surface area (Å²) >= 11 is 6.08. The fourth-order valence-electron chi connectivity index (χ4n) is 3.40. The fraction of sp³-hybridized carbons (Fsp3) is 0.440. The minimum absolute atomic E-state index is 0.0245. The average molecular weight is 562 g/mol. The van der Waals surface area contributed by atoms with Crippen LogP contribution in [0.15, 0.2) is 42.5 Å². The Balaban J connectivity index is 2.47. The molecule has 0 aromatic heterocycles. The van der Waals surface area contributed by atoms with Crippen molar-refractivity contribution in [3.8, 4) is 0 Å². The zero-order valence-electron chi connectivity index (χ0n) is 21.3. The monoisotopic (exact) mass is 561 g/mol. The van der Waals surface area contributed by atoms with E-state index in [-0.39, 0.29) is 17.5 Å². The molecule has 1 atom stereocenters. The summed E-state index contributed by atoms with van der Waals surface area (Å²) in [6.07, 6.45) is -3.99. The van der Waals surface area contributed by atoms with Crippen molar-refractivity contribution in [2.45, 2.75) is 46.5 Å². The summed E-state index contributed by atoms with van der Waals surface area (Å²) < 4.78 is 65.7. The quantitative estimate of drug-likeness (QED) is 0.458. The summed E-state index contributed by atoms with van der Waals surface area (Å²) in [5.41, 5.74) is 0.0581. The maximum atomic E-state index is 13.5. The van der Waals surface area contributed by atoms with Crippen LogP contribution in [-0.2, 0) is 32.3 Å². The molecule has 2 aromatic rings. The van der Waals surface area contributed by atoms with Crippen molar-refractivity contribution in [1.82, 2.24) is 10.2 Å². The highest BCUT2D eigenvalue weighted by Crippen LogP contribution is 2.36. The smallest absolute Gasteiger partial charge is 0.354 e. The first-order valence-corrected chi connectivity index (χ1v) is 13.7.